The van der Waals surface area contributed by atoms with Crippen LogP contribution in [-0.4, -0.2) is 40.5 Å². The van der Waals surface area contributed by atoms with Crippen LogP contribution in [-0.2, 0) is 23.1 Å². The Morgan fingerprint density at radius 3 is 2.57 bits per heavy atom. The van der Waals surface area contributed by atoms with Gasteiger partial charge in [-0.2, -0.15) is 5.10 Å². The van der Waals surface area contributed by atoms with Crippen LogP contribution in [0.3, 0.4) is 0 Å². The Morgan fingerprint density at radius 1 is 1.00 bits per heavy atom. The van der Waals surface area contributed by atoms with Gasteiger partial charge in [0.15, 0.2) is 5.82 Å². The van der Waals surface area contributed by atoms with E-state index >= 15 is 0 Å². The number of sulfonamides is 1. The van der Waals surface area contributed by atoms with Gasteiger partial charge in [-0.3, -0.25) is 14.2 Å². The lowest BCUT2D eigenvalue weighted by molar-refractivity contribution is 0.0701. The molecular weight excluding hydrogens is 402 g/mol. The fraction of sp³-hybridized carbons (Fsp3) is 0.143. The highest BCUT2D eigenvalue weighted by atomic mass is 32.2. The summed E-state index contributed by atoms with van der Waals surface area (Å²) in [6.45, 7) is 1.34. The molecule has 0 spiro atoms. The van der Waals surface area contributed by atoms with E-state index < -0.39 is 10.0 Å². The van der Waals surface area contributed by atoms with Crippen LogP contribution in [0.25, 0.3) is 10.9 Å². The Hall–Kier alpha value is -3.59. The van der Waals surface area contributed by atoms with E-state index in [0.29, 0.717) is 25.3 Å². The second-order valence-corrected chi connectivity index (χ2v) is 8.84. The van der Waals surface area contributed by atoms with Gasteiger partial charge in [0, 0.05) is 23.5 Å². The minimum Gasteiger partial charge on any atom is -0.351 e. The van der Waals surface area contributed by atoms with Crippen molar-refractivity contribution in [2.45, 2.75) is 18.0 Å². The van der Waals surface area contributed by atoms with Crippen molar-refractivity contribution in [1.29, 1.82) is 0 Å². The molecule has 30 heavy (non-hydrogen) atoms. The lowest BCUT2D eigenvalue weighted by atomic mass is 10.2. The largest absolute Gasteiger partial charge is 0.351 e. The van der Waals surface area contributed by atoms with Crippen LogP contribution in [0.4, 0.5) is 5.82 Å². The first-order valence-electron chi connectivity index (χ1n) is 9.51. The maximum absolute atomic E-state index is 13.0. The van der Waals surface area contributed by atoms with Crippen molar-refractivity contribution in [2.24, 2.45) is 0 Å². The maximum atomic E-state index is 13.0. The number of H-pyrrole nitrogens is 1. The second-order valence-electron chi connectivity index (χ2n) is 7.16. The molecule has 0 saturated heterocycles. The van der Waals surface area contributed by atoms with Gasteiger partial charge in [0.05, 0.1) is 23.7 Å². The molecule has 152 valence electrons. The minimum absolute atomic E-state index is 0.0925. The summed E-state index contributed by atoms with van der Waals surface area (Å²) in [7, 11) is -3.71. The van der Waals surface area contributed by atoms with Crippen LogP contribution in [0.15, 0.2) is 71.6 Å². The first-order chi connectivity index (χ1) is 14.5. The van der Waals surface area contributed by atoms with Crippen LogP contribution in [0.5, 0.6) is 0 Å². The van der Waals surface area contributed by atoms with Crippen molar-refractivity contribution in [3.8, 4) is 0 Å². The molecular formula is C21H19N5O3S. The molecule has 8 nitrogen and oxygen atoms in total. The van der Waals surface area contributed by atoms with Gasteiger partial charge in [0.25, 0.3) is 15.9 Å². The Morgan fingerprint density at radius 2 is 1.77 bits per heavy atom. The number of nitrogens with zero attached hydrogens (tertiary/aromatic N) is 3. The van der Waals surface area contributed by atoms with Gasteiger partial charge in [-0.25, -0.2) is 8.42 Å². The van der Waals surface area contributed by atoms with E-state index in [0.717, 1.165) is 16.6 Å². The zero-order valence-electron chi connectivity index (χ0n) is 15.9. The van der Waals surface area contributed by atoms with Crippen molar-refractivity contribution in [2.75, 3.05) is 11.3 Å². The average Bonchev–Trinajstić information content (AvgIpc) is 3.36. The monoisotopic (exact) mass is 421 g/mol. The summed E-state index contributed by atoms with van der Waals surface area (Å²) < 4.78 is 29.3. The van der Waals surface area contributed by atoms with E-state index in [2.05, 4.69) is 14.8 Å². The van der Waals surface area contributed by atoms with Gasteiger partial charge in [-0.05, 0) is 24.3 Å². The van der Waals surface area contributed by atoms with E-state index in [-0.39, 0.29) is 16.6 Å². The van der Waals surface area contributed by atoms with Crippen molar-refractivity contribution in [3.63, 3.8) is 0 Å². The number of nitrogens with one attached hydrogen (secondary N) is 2. The van der Waals surface area contributed by atoms with Crippen LogP contribution >= 0.6 is 0 Å². The molecule has 2 aromatic carbocycles. The molecule has 9 heteroatoms. The fourth-order valence-electron chi connectivity index (χ4n) is 3.64. The number of aromatic nitrogens is 3. The number of carbonyl (C=O) groups excluding carboxylic acids is 1. The maximum Gasteiger partial charge on any atom is 0.270 e. The Balaban J connectivity index is 1.35. The quantitative estimate of drug-likeness (QED) is 0.529. The van der Waals surface area contributed by atoms with Crippen molar-refractivity contribution >= 4 is 32.7 Å². The van der Waals surface area contributed by atoms with Crippen molar-refractivity contribution < 1.29 is 13.2 Å². The summed E-state index contributed by atoms with van der Waals surface area (Å²) in [4.78, 5) is 18.0. The van der Waals surface area contributed by atoms with E-state index in [4.69, 9.17) is 0 Å². The summed E-state index contributed by atoms with van der Waals surface area (Å²) in [6.07, 6.45) is 0. The first kappa shape index (κ1) is 18.4. The summed E-state index contributed by atoms with van der Waals surface area (Å²) in [5.41, 5.74) is 2.23. The highest BCUT2D eigenvalue weighted by Gasteiger charge is 2.25. The number of aromatic amines is 1. The average molecular weight is 421 g/mol. The lowest BCUT2D eigenvalue weighted by Gasteiger charge is -2.27. The fourth-order valence-corrected chi connectivity index (χ4v) is 4.65. The number of hydrogen-bond donors (Lipinski definition) is 2. The summed E-state index contributed by atoms with van der Waals surface area (Å²) in [6, 6.07) is 19.4. The molecule has 1 amide bonds. The third-order valence-electron chi connectivity index (χ3n) is 5.14. The molecule has 2 aromatic heterocycles. The summed E-state index contributed by atoms with van der Waals surface area (Å²) in [5, 5.41) is 5.33. The normalized spacial score (nSPS) is 13.9. The van der Waals surface area contributed by atoms with Gasteiger partial charge < -0.3 is 9.88 Å². The molecule has 0 bridgehead atoms. The molecule has 3 heterocycles. The van der Waals surface area contributed by atoms with Gasteiger partial charge >= 0.3 is 0 Å². The predicted octanol–water partition coefficient (Wildman–Crippen LogP) is 2.82. The van der Waals surface area contributed by atoms with Crippen LogP contribution in [0, 0.1) is 0 Å². The third kappa shape index (κ3) is 3.33. The SMILES string of the molecule is O=C(c1cc2ccccc2[nH]1)N1CCn2nc(NS(=O)(=O)c3ccccc3)cc2C1. The van der Waals surface area contributed by atoms with Gasteiger partial charge in [-0.1, -0.05) is 36.4 Å². The number of fused-ring (bicyclic) bond motifs is 2. The van der Waals surface area contributed by atoms with Gasteiger partial charge in [0.2, 0.25) is 0 Å². The van der Waals surface area contributed by atoms with Crippen LogP contribution in [0.2, 0.25) is 0 Å². The highest BCUT2D eigenvalue weighted by molar-refractivity contribution is 7.92. The molecule has 0 aliphatic carbocycles. The molecule has 0 radical (unpaired) electrons. The van der Waals surface area contributed by atoms with E-state index in [1.165, 1.54) is 12.1 Å². The molecule has 0 fully saturated rings. The minimum atomic E-state index is -3.71. The number of amides is 1. The second kappa shape index (κ2) is 7.03. The van der Waals surface area contributed by atoms with Gasteiger partial charge in [0.1, 0.15) is 5.69 Å². The number of hydrogen-bond acceptors (Lipinski definition) is 4. The topological polar surface area (TPSA) is 100 Å². The Labute approximate surface area is 173 Å². The van der Waals surface area contributed by atoms with Gasteiger partial charge in [-0.15, -0.1) is 0 Å². The highest BCUT2D eigenvalue weighted by Crippen LogP contribution is 2.22. The molecule has 5 rings (SSSR count). The first-order valence-corrected chi connectivity index (χ1v) is 11.0. The molecule has 0 atom stereocenters. The number of rotatable bonds is 4. The zero-order chi connectivity index (χ0) is 20.7. The van der Waals surface area contributed by atoms with Crippen molar-refractivity contribution in [1.82, 2.24) is 19.7 Å². The smallest absolute Gasteiger partial charge is 0.270 e. The molecule has 4 aromatic rings. The third-order valence-corrected chi connectivity index (χ3v) is 6.51. The van der Waals surface area contributed by atoms with E-state index in [9.17, 15) is 13.2 Å². The molecule has 1 aliphatic heterocycles. The zero-order valence-corrected chi connectivity index (χ0v) is 16.8. The van der Waals surface area contributed by atoms with E-state index in [1.54, 1.807) is 33.8 Å². The predicted molar refractivity (Wildman–Crippen MR) is 113 cm³/mol. The van der Waals surface area contributed by atoms with Crippen LogP contribution < -0.4 is 4.72 Å². The number of carbonyl (C=O) groups is 1. The molecule has 0 saturated carbocycles. The molecule has 0 unspecified atom stereocenters. The van der Waals surface area contributed by atoms with Crippen LogP contribution in [0.1, 0.15) is 16.2 Å². The Kier molecular flexibility index (Phi) is 4.32. The standard InChI is InChI=1S/C21H19N5O3S/c27-21(19-12-15-6-4-5-9-18(15)22-19)25-10-11-26-16(14-25)13-20(23-26)24-30(28,29)17-7-2-1-3-8-17/h1-9,12-13,22H,10-11,14H2,(H,23,24). The van der Waals surface area contributed by atoms with Crippen molar-refractivity contribution in [3.05, 3.63) is 78.1 Å². The lowest BCUT2D eigenvalue weighted by Crippen LogP contribution is -2.38. The summed E-state index contributed by atoms with van der Waals surface area (Å²) >= 11 is 0. The number of para-hydroxylation sites is 1. The Bertz CT molecular complexity index is 1310. The number of anilines is 1. The number of benzene rings is 2. The van der Waals surface area contributed by atoms with E-state index in [1.807, 2.05) is 30.3 Å². The molecule has 2 N–H and O–H groups in total. The molecule has 1 aliphatic rings. The summed E-state index contributed by atoms with van der Waals surface area (Å²) in [5.74, 6) is 0.152.